The number of fused-ring (bicyclic) bond motifs is 1. The van der Waals surface area contributed by atoms with Crippen LogP contribution in [0.15, 0.2) is 34.7 Å². The summed E-state index contributed by atoms with van der Waals surface area (Å²) in [5.41, 5.74) is 1.01. The molecule has 1 saturated carbocycles. The molecule has 0 saturated heterocycles. The summed E-state index contributed by atoms with van der Waals surface area (Å²) in [6.45, 7) is 3.19. The highest BCUT2D eigenvalue weighted by Crippen LogP contribution is 2.35. The van der Waals surface area contributed by atoms with Crippen LogP contribution in [-0.4, -0.2) is 6.54 Å². The van der Waals surface area contributed by atoms with Crippen molar-refractivity contribution in [3.63, 3.8) is 0 Å². The molecule has 0 amide bonds. The fraction of sp³-hybridized carbons (Fsp3) is 0.556. The van der Waals surface area contributed by atoms with Gasteiger partial charge in [0.25, 0.3) is 0 Å². The van der Waals surface area contributed by atoms with E-state index in [4.69, 9.17) is 4.42 Å². The molecule has 0 radical (unpaired) electrons. The Kier molecular flexibility index (Phi) is 4.41. The van der Waals surface area contributed by atoms with Gasteiger partial charge in [-0.3, -0.25) is 0 Å². The van der Waals surface area contributed by atoms with Gasteiger partial charge in [-0.25, -0.2) is 0 Å². The first-order chi connectivity index (χ1) is 9.88. The molecule has 108 valence electrons. The molecular weight excluding hydrogens is 246 g/mol. The lowest BCUT2D eigenvalue weighted by Gasteiger charge is -2.25. The van der Waals surface area contributed by atoms with Crippen molar-refractivity contribution in [1.29, 1.82) is 0 Å². The van der Waals surface area contributed by atoms with E-state index in [-0.39, 0.29) is 0 Å². The average molecular weight is 271 g/mol. The highest BCUT2D eigenvalue weighted by atomic mass is 16.3. The van der Waals surface area contributed by atoms with Crippen molar-refractivity contribution in [2.24, 2.45) is 5.92 Å². The van der Waals surface area contributed by atoms with Gasteiger partial charge >= 0.3 is 0 Å². The lowest BCUT2D eigenvalue weighted by Crippen LogP contribution is -2.27. The second-order valence-electron chi connectivity index (χ2n) is 5.97. The first kappa shape index (κ1) is 13.7. The molecule has 1 aromatic heterocycles. The monoisotopic (exact) mass is 271 g/mol. The second-order valence-corrected chi connectivity index (χ2v) is 5.97. The minimum atomic E-state index is 0.380. The Hall–Kier alpha value is -1.28. The standard InChI is InChI=1S/C18H25NO/c1-2-19-18(14-9-5-3-4-6-10-14)17-13-15-11-7-8-12-16(15)20-17/h7-8,11-14,18-19H,2-6,9-10H2,1H3. The Morgan fingerprint density at radius 3 is 2.60 bits per heavy atom. The first-order valence-electron chi connectivity index (χ1n) is 8.10. The highest BCUT2D eigenvalue weighted by molar-refractivity contribution is 5.77. The molecule has 1 atom stereocenters. The van der Waals surface area contributed by atoms with Crippen LogP contribution >= 0.6 is 0 Å². The van der Waals surface area contributed by atoms with E-state index in [1.165, 1.54) is 43.9 Å². The molecule has 0 aliphatic heterocycles. The Morgan fingerprint density at radius 2 is 1.90 bits per heavy atom. The quantitative estimate of drug-likeness (QED) is 0.787. The van der Waals surface area contributed by atoms with Crippen LogP contribution in [0.25, 0.3) is 11.0 Å². The molecule has 20 heavy (non-hydrogen) atoms. The molecule has 1 aliphatic carbocycles. The van der Waals surface area contributed by atoms with Gasteiger partial charge in [-0.2, -0.15) is 0 Å². The maximum atomic E-state index is 6.11. The van der Waals surface area contributed by atoms with Crippen LogP contribution in [0.4, 0.5) is 0 Å². The van der Waals surface area contributed by atoms with Crippen LogP contribution in [0.2, 0.25) is 0 Å². The van der Waals surface area contributed by atoms with Gasteiger partial charge in [-0.1, -0.05) is 50.8 Å². The van der Waals surface area contributed by atoms with E-state index in [9.17, 15) is 0 Å². The third kappa shape index (κ3) is 2.90. The van der Waals surface area contributed by atoms with Crippen molar-refractivity contribution >= 4 is 11.0 Å². The first-order valence-corrected chi connectivity index (χ1v) is 8.10. The molecule has 1 aromatic carbocycles. The number of rotatable bonds is 4. The van der Waals surface area contributed by atoms with Crippen LogP contribution in [0, 0.1) is 5.92 Å². The number of benzene rings is 1. The van der Waals surface area contributed by atoms with Gasteiger partial charge in [0.05, 0.1) is 6.04 Å². The number of para-hydroxylation sites is 1. The van der Waals surface area contributed by atoms with Gasteiger partial charge < -0.3 is 9.73 Å². The van der Waals surface area contributed by atoms with Crippen LogP contribution in [0.1, 0.15) is 57.3 Å². The molecule has 1 fully saturated rings. The summed E-state index contributed by atoms with van der Waals surface area (Å²) >= 11 is 0. The van der Waals surface area contributed by atoms with Gasteiger partial charge in [0, 0.05) is 5.39 Å². The summed E-state index contributed by atoms with van der Waals surface area (Å²) in [6, 6.07) is 10.9. The summed E-state index contributed by atoms with van der Waals surface area (Å²) in [6.07, 6.45) is 8.19. The van der Waals surface area contributed by atoms with Crippen LogP contribution < -0.4 is 5.32 Å². The lowest BCUT2D eigenvalue weighted by atomic mass is 9.90. The van der Waals surface area contributed by atoms with Crippen molar-refractivity contribution in [2.45, 2.75) is 51.5 Å². The van der Waals surface area contributed by atoms with Crippen LogP contribution in [0.5, 0.6) is 0 Å². The molecule has 1 unspecified atom stereocenters. The van der Waals surface area contributed by atoms with E-state index < -0.39 is 0 Å². The Morgan fingerprint density at radius 1 is 1.15 bits per heavy atom. The predicted molar refractivity (Wildman–Crippen MR) is 83.8 cm³/mol. The number of furan rings is 1. The third-order valence-corrected chi connectivity index (χ3v) is 4.55. The summed E-state index contributed by atoms with van der Waals surface area (Å²) < 4.78 is 6.11. The Balaban J connectivity index is 1.88. The summed E-state index contributed by atoms with van der Waals surface area (Å²) in [7, 11) is 0. The Bertz CT molecular complexity index is 504. The average Bonchev–Trinajstić information content (AvgIpc) is 2.71. The van der Waals surface area contributed by atoms with Gasteiger partial charge in [0.2, 0.25) is 0 Å². The molecular formula is C18H25NO. The largest absolute Gasteiger partial charge is 0.459 e. The second kappa shape index (κ2) is 6.45. The van der Waals surface area contributed by atoms with Crippen molar-refractivity contribution in [3.05, 3.63) is 36.1 Å². The minimum Gasteiger partial charge on any atom is -0.459 e. The maximum Gasteiger partial charge on any atom is 0.134 e. The van der Waals surface area contributed by atoms with Crippen LogP contribution in [0.3, 0.4) is 0 Å². The highest BCUT2D eigenvalue weighted by Gasteiger charge is 2.26. The van der Waals surface area contributed by atoms with E-state index >= 15 is 0 Å². The summed E-state index contributed by atoms with van der Waals surface area (Å²) in [5.74, 6) is 1.85. The normalized spacial score (nSPS) is 19.1. The number of nitrogens with one attached hydrogen (secondary N) is 1. The van der Waals surface area contributed by atoms with E-state index in [0.717, 1.165) is 23.8 Å². The molecule has 2 nitrogen and oxygen atoms in total. The third-order valence-electron chi connectivity index (χ3n) is 4.55. The van der Waals surface area contributed by atoms with E-state index in [1.807, 2.05) is 6.07 Å². The summed E-state index contributed by atoms with van der Waals surface area (Å²) in [5, 5.41) is 4.88. The van der Waals surface area contributed by atoms with Crippen molar-refractivity contribution in [2.75, 3.05) is 6.54 Å². The van der Waals surface area contributed by atoms with Crippen molar-refractivity contribution in [3.8, 4) is 0 Å². The smallest absolute Gasteiger partial charge is 0.134 e. The van der Waals surface area contributed by atoms with Crippen molar-refractivity contribution < 1.29 is 4.42 Å². The van der Waals surface area contributed by atoms with Gasteiger partial charge in [-0.15, -0.1) is 0 Å². The Labute approximate surface area is 121 Å². The molecule has 0 bridgehead atoms. The lowest BCUT2D eigenvalue weighted by molar-refractivity contribution is 0.292. The van der Waals surface area contributed by atoms with Crippen molar-refractivity contribution in [1.82, 2.24) is 5.32 Å². The van der Waals surface area contributed by atoms with E-state index in [2.05, 4.69) is 36.5 Å². The zero-order chi connectivity index (χ0) is 13.8. The predicted octanol–water partition coefficient (Wildman–Crippen LogP) is 5.05. The minimum absolute atomic E-state index is 0.380. The molecule has 1 N–H and O–H groups in total. The number of hydrogen-bond acceptors (Lipinski definition) is 2. The van der Waals surface area contributed by atoms with Gasteiger partial charge in [0.1, 0.15) is 11.3 Å². The molecule has 3 rings (SSSR count). The van der Waals surface area contributed by atoms with E-state index in [1.54, 1.807) is 0 Å². The van der Waals surface area contributed by atoms with E-state index in [0.29, 0.717) is 6.04 Å². The fourth-order valence-electron chi connectivity index (χ4n) is 3.52. The SMILES string of the molecule is CCNC(c1cc2ccccc2o1)C1CCCCCC1. The zero-order valence-electron chi connectivity index (χ0n) is 12.4. The molecule has 0 spiro atoms. The van der Waals surface area contributed by atoms with Gasteiger partial charge in [-0.05, 0) is 37.4 Å². The maximum absolute atomic E-state index is 6.11. The molecule has 2 aromatic rings. The fourth-order valence-corrected chi connectivity index (χ4v) is 3.52. The molecule has 1 heterocycles. The van der Waals surface area contributed by atoms with Crippen LogP contribution in [-0.2, 0) is 0 Å². The number of hydrogen-bond donors (Lipinski definition) is 1. The zero-order valence-corrected chi connectivity index (χ0v) is 12.4. The topological polar surface area (TPSA) is 25.2 Å². The summed E-state index contributed by atoms with van der Waals surface area (Å²) in [4.78, 5) is 0. The molecule has 1 aliphatic rings. The molecule has 2 heteroatoms. The van der Waals surface area contributed by atoms with Gasteiger partial charge in [0.15, 0.2) is 0 Å².